The Morgan fingerprint density at radius 3 is 2.71 bits per heavy atom. The summed E-state index contributed by atoms with van der Waals surface area (Å²) in [5.74, 6) is 0.626. The molecule has 1 aliphatic heterocycles. The highest BCUT2D eigenvalue weighted by Crippen LogP contribution is 2.20. The molecule has 1 atom stereocenters. The lowest BCUT2D eigenvalue weighted by atomic mass is 9.96. The van der Waals surface area contributed by atoms with E-state index in [4.69, 9.17) is 10.5 Å². The van der Waals surface area contributed by atoms with E-state index < -0.39 is 0 Å². The highest BCUT2D eigenvalue weighted by molar-refractivity contribution is 7.09. The molecule has 0 aromatic carbocycles. The standard InChI is InChI=1S/C16H27N3O2S.2ClH/c1-21-14(10-17)9-16(20)18-11-13-4-6-19(7-5-13)12-15-3-2-8-22-15;;/h2-3,8,13-14H,4-7,9-12,17H2,1H3,(H,18,20);2*1H. The Kier molecular flexibility index (Phi) is 12.7. The predicted molar refractivity (Wildman–Crippen MR) is 104 cm³/mol. The van der Waals surface area contributed by atoms with Crippen molar-refractivity contribution in [1.29, 1.82) is 0 Å². The number of piperidine rings is 1. The van der Waals surface area contributed by atoms with Crippen LogP contribution >= 0.6 is 36.2 Å². The number of carbonyl (C=O) groups is 1. The Hall–Kier alpha value is -0.370. The highest BCUT2D eigenvalue weighted by atomic mass is 35.5. The summed E-state index contributed by atoms with van der Waals surface area (Å²) in [6.45, 7) is 4.43. The van der Waals surface area contributed by atoms with Crippen LogP contribution in [0, 0.1) is 5.92 Å². The van der Waals surface area contributed by atoms with Gasteiger partial charge < -0.3 is 15.8 Å². The second kappa shape index (κ2) is 12.9. The summed E-state index contributed by atoms with van der Waals surface area (Å²) in [7, 11) is 1.59. The number of nitrogens with zero attached hydrogens (tertiary/aromatic N) is 1. The molecule has 0 saturated carbocycles. The summed E-state index contributed by atoms with van der Waals surface area (Å²) >= 11 is 1.82. The Labute approximate surface area is 161 Å². The Bertz CT molecular complexity index is 437. The van der Waals surface area contributed by atoms with Gasteiger partial charge in [-0.2, -0.15) is 0 Å². The van der Waals surface area contributed by atoms with Gasteiger partial charge in [-0.3, -0.25) is 9.69 Å². The summed E-state index contributed by atoms with van der Waals surface area (Å²) in [5, 5.41) is 5.15. The Balaban J connectivity index is 0.00000264. The molecule has 1 fully saturated rings. The quantitative estimate of drug-likeness (QED) is 0.705. The largest absolute Gasteiger partial charge is 0.380 e. The van der Waals surface area contributed by atoms with Gasteiger partial charge in [0.05, 0.1) is 12.5 Å². The summed E-state index contributed by atoms with van der Waals surface area (Å²) in [6.07, 6.45) is 2.48. The molecule has 1 amide bonds. The van der Waals surface area contributed by atoms with Crippen LogP contribution in [0.4, 0.5) is 0 Å². The molecule has 1 aromatic rings. The van der Waals surface area contributed by atoms with Gasteiger partial charge in [0.2, 0.25) is 5.91 Å². The van der Waals surface area contributed by atoms with Crippen LogP contribution in [0.25, 0.3) is 0 Å². The summed E-state index contributed by atoms with van der Waals surface area (Å²) in [6, 6.07) is 4.30. The van der Waals surface area contributed by atoms with Crippen molar-refractivity contribution in [3.63, 3.8) is 0 Å². The smallest absolute Gasteiger partial charge is 0.222 e. The highest BCUT2D eigenvalue weighted by Gasteiger charge is 2.20. The number of carbonyl (C=O) groups excluding carboxylic acids is 1. The van der Waals surface area contributed by atoms with Crippen molar-refractivity contribution in [2.45, 2.75) is 31.9 Å². The zero-order valence-electron chi connectivity index (χ0n) is 14.1. The number of ether oxygens (including phenoxy) is 1. The molecule has 5 nitrogen and oxygen atoms in total. The molecular formula is C16H29Cl2N3O2S. The van der Waals surface area contributed by atoms with Crippen LogP contribution in [0.3, 0.4) is 0 Å². The van der Waals surface area contributed by atoms with Crippen LogP contribution in [-0.4, -0.2) is 50.2 Å². The number of halogens is 2. The maximum Gasteiger partial charge on any atom is 0.222 e. The molecule has 2 rings (SSSR count). The van der Waals surface area contributed by atoms with Crippen LogP contribution in [0.15, 0.2) is 17.5 Å². The SMILES string of the molecule is COC(CN)CC(=O)NCC1CCN(Cc2cccs2)CC1.Cl.Cl. The van der Waals surface area contributed by atoms with Gasteiger partial charge in [-0.1, -0.05) is 6.07 Å². The van der Waals surface area contributed by atoms with E-state index in [2.05, 4.69) is 27.7 Å². The van der Waals surface area contributed by atoms with Crippen LogP contribution < -0.4 is 11.1 Å². The number of likely N-dealkylation sites (tertiary alicyclic amines) is 1. The molecular weight excluding hydrogens is 369 g/mol. The fourth-order valence-electron chi connectivity index (χ4n) is 2.77. The fraction of sp³-hybridized carbons (Fsp3) is 0.688. The molecule has 1 aromatic heterocycles. The van der Waals surface area contributed by atoms with Gasteiger partial charge in [0.25, 0.3) is 0 Å². The van der Waals surface area contributed by atoms with Crippen molar-refractivity contribution in [1.82, 2.24) is 10.2 Å². The first-order valence-corrected chi connectivity index (χ1v) is 8.83. The molecule has 1 aliphatic rings. The van der Waals surface area contributed by atoms with E-state index in [1.54, 1.807) is 7.11 Å². The third-order valence-electron chi connectivity index (χ3n) is 4.26. The molecule has 8 heteroatoms. The Morgan fingerprint density at radius 1 is 1.46 bits per heavy atom. The number of nitrogens with two attached hydrogens (primary N) is 1. The molecule has 0 bridgehead atoms. The van der Waals surface area contributed by atoms with E-state index in [0.717, 1.165) is 39.0 Å². The van der Waals surface area contributed by atoms with Gasteiger partial charge in [0, 0.05) is 31.6 Å². The number of nitrogens with one attached hydrogen (secondary N) is 1. The van der Waals surface area contributed by atoms with E-state index in [1.165, 1.54) is 4.88 Å². The molecule has 1 unspecified atom stereocenters. The maximum atomic E-state index is 11.8. The van der Waals surface area contributed by atoms with Gasteiger partial charge in [-0.05, 0) is 43.3 Å². The fourth-order valence-corrected chi connectivity index (χ4v) is 3.52. The normalized spacial score (nSPS) is 16.8. The van der Waals surface area contributed by atoms with Gasteiger partial charge >= 0.3 is 0 Å². The number of methoxy groups -OCH3 is 1. The number of hydrogen-bond donors (Lipinski definition) is 2. The van der Waals surface area contributed by atoms with Crippen LogP contribution in [0.1, 0.15) is 24.1 Å². The molecule has 140 valence electrons. The summed E-state index contributed by atoms with van der Waals surface area (Å²) in [5.41, 5.74) is 5.53. The average Bonchev–Trinajstić information content (AvgIpc) is 3.05. The molecule has 0 radical (unpaired) electrons. The first-order valence-electron chi connectivity index (χ1n) is 7.95. The third kappa shape index (κ3) is 8.14. The minimum atomic E-state index is -0.173. The zero-order chi connectivity index (χ0) is 15.8. The first-order chi connectivity index (χ1) is 10.7. The summed E-state index contributed by atoms with van der Waals surface area (Å²) in [4.78, 5) is 15.8. The molecule has 2 heterocycles. The zero-order valence-corrected chi connectivity index (χ0v) is 16.6. The monoisotopic (exact) mass is 397 g/mol. The number of amides is 1. The van der Waals surface area contributed by atoms with Crippen molar-refractivity contribution in [2.75, 3.05) is 33.3 Å². The number of hydrogen-bond acceptors (Lipinski definition) is 5. The van der Waals surface area contributed by atoms with E-state index in [-0.39, 0.29) is 36.8 Å². The van der Waals surface area contributed by atoms with E-state index in [1.807, 2.05) is 11.3 Å². The van der Waals surface area contributed by atoms with Gasteiger partial charge in [-0.25, -0.2) is 0 Å². The van der Waals surface area contributed by atoms with Crippen molar-refractivity contribution < 1.29 is 9.53 Å². The van der Waals surface area contributed by atoms with Crippen LogP contribution in [0.5, 0.6) is 0 Å². The minimum Gasteiger partial charge on any atom is -0.380 e. The second-order valence-electron chi connectivity index (χ2n) is 5.90. The van der Waals surface area contributed by atoms with E-state index in [0.29, 0.717) is 18.9 Å². The first kappa shape index (κ1) is 23.6. The summed E-state index contributed by atoms with van der Waals surface area (Å²) < 4.78 is 5.13. The van der Waals surface area contributed by atoms with Gasteiger partial charge in [-0.15, -0.1) is 36.2 Å². The molecule has 24 heavy (non-hydrogen) atoms. The lowest BCUT2D eigenvalue weighted by Crippen LogP contribution is -2.39. The second-order valence-corrected chi connectivity index (χ2v) is 6.93. The lowest BCUT2D eigenvalue weighted by molar-refractivity contribution is -0.123. The third-order valence-corrected chi connectivity index (χ3v) is 5.13. The van der Waals surface area contributed by atoms with Crippen LogP contribution in [-0.2, 0) is 16.1 Å². The van der Waals surface area contributed by atoms with Crippen molar-refractivity contribution in [3.05, 3.63) is 22.4 Å². The number of thiophene rings is 1. The van der Waals surface area contributed by atoms with E-state index >= 15 is 0 Å². The molecule has 0 spiro atoms. The average molecular weight is 398 g/mol. The molecule has 1 saturated heterocycles. The number of rotatable bonds is 8. The van der Waals surface area contributed by atoms with Gasteiger partial charge in [0.1, 0.15) is 0 Å². The molecule has 0 aliphatic carbocycles. The van der Waals surface area contributed by atoms with Crippen molar-refractivity contribution >= 4 is 42.1 Å². The van der Waals surface area contributed by atoms with Gasteiger partial charge in [0.15, 0.2) is 0 Å². The van der Waals surface area contributed by atoms with Crippen molar-refractivity contribution in [2.24, 2.45) is 11.7 Å². The Morgan fingerprint density at radius 2 is 2.17 bits per heavy atom. The van der Waals surface area contributed by atoms with Crippen molar-refractivity contribution in [3.8, 4) is 0 Å². The van der Waals surface area contributed by atoms with Crippen LogP contribution in [0.2, 0.25) is 0 Å². The lowest BCUT2D eigenvalue weighted by Gasteiger charge is -2.31. The topological polar surface area (TPSA) is 67.6 Å². The molecule has 3 N–H and O–H groups in total. The van der Waals surface area contributed by atoms with E-state index in [9.17, 15) is 4.79 Å². The minimum absolute atomic E-state index is 0. The maximum absolute atomic E-state index is 11.8. The predicted octanol–water partition coefficient (Wildman–Crippen LogP) is 2.28.